The standard InChI is InChI=1S/C12H11BrO2/c1-7-3-8(2)12-9(6-13)5-11(14)15-10(12)4-7/h3-5H,6H2,1-2H3. The molecule has 1 aromatic carbocycles. The summed E-state index contributed by atoms with van der Waals surface area (Å²) in [5.74, 6) is 0. The highest BCUT2D eigenvalue weighted by atomic mass is 79.9. The number of aryl methyl sites for hydroxylation is 2. The van der Waals surface area contributed by atoms with Crippen LogP contribution >= 0.6 is 15.9 Å². The molecule has 0 amide bonds. The lowest BCUT2D eigenvalue weighted by atomic mass is 10.0. The van der Waals surface area contributed by atoms with Crippen molar-refractivity contribution in [2.75, 3.05) is 0 Å². The lowest BCUT2D eigenvalue weighted by Gasteiger charge is -2.06. The van der Waals surface area contributed by atoms with Gasteiger partial charge < -0.3 is 4.42 Å². The van der Waals surface area contributed by atoms with E-state index in [4.69, 9.17) is 4.42 Å². The van der Waals surface area contributed by atoms with Gasteiger partial charge in [-0.3, -0.25) is 0 Å². The molecule has 0 fully saturated rings. The van der Waals surface area contributed by atoms with E-state index in [1.165, 1.54) is 0 Å². The number of hydrogen-bond donors (Lipinski definition) is 0. The molecule has 15 heavy (non-hydrogen) atoms. The summed E-state index contributed by atoms with van der Waals surface area (Å²) < 4.78 is 5.19. The van der Waals surface area contributed by atoms with Crippen LogP contribution in [0.4, 0.5) is 0 Å². The predicted molar refractivity (Wildman–Crippen MR) is 64.6 cm³/mol. The number of benzene rings is 1. The van der Waals surface area contributed by atoms with Crippen LogP contribution in [0.15, 0.2) is 27.4 Å². The molecule has 0 spiro atoms. The summed E-state index contributed by atoms with van der Waals surface area (Å²) in [6, 6.07) is 5.53. The number of hydrogen-bond acceptors (Lipinski definition) is 2. The van der Waals surface area contributed by atoms with Crippen LogP contribution in [0.2, 0.25) is 0 Å². The van der Waals surface area contributed by atoms with Crippen LogP contribution in [-0.2, 0) is 5.33 Å². The summed E-state index contributed by atoms with van der Waals surface area (Å²) in [7, 11) is 0. The van der Waals surface area contributed by atoms with Gasteiger partial charge in [0.2, 0.25) is 0 Å². The first-order valence-corrected chi connectivity index (χ1v) is 5.84. The van der Waals surface area contributed by atoms with Gasteiger partial charge in [0.15, 0.2) is 0 Å². The van der Waals surface area contributed by atoms with Crippen LogP contribution in [0.3, 0.4) is 0 Å². The molecule has 0 aliphatic rings. The molecule has 2 nitrogen and oxygen atoms in total. The van der Waals surface area contributed by atoms with Crippen molar-refractivity contribution in [1.82, 2.24) is 0 Å². The van der Waals surface area contributed by atoms with Gasteiger partial charge in [0.1, 0.15) is 5.58 Å². The average Bonchev–Trinajstić information content (AvgIpc) is 2.14. The van der Waals surface area contributed by atoms with E-state index in [2.05, 4.69) is 22.0 Å². The first kappa shape index (κ1) is 10.4. The van der Waals surface area contributed by atoms with Crippen LogP contribution in [0.1, 0.15) is 16.7 Å². The van der Waals surface area contributed by atoms with E-state index in [1.807, 2.05) is 19.9 Å². The summed E-state index contributed by atoms with van der Waals surface area (Å²) >= 11 is 3.38. The maximum absolute atomic E-state index is 11.3. The lowest BCUT2D eigenvalue weighted by Crippen LogP contribution is -2.00. The van der Waals surface area contributed by atoms with Crippen molar-refractivity contribution in [3.63, 3.8) is 0 Å². The van der Waals surface area contributed by atoms with Gasteiger partial charge in [-0.1, -0.05) is 22.0 Å². The highest BCUT2D eigenvalue weighted by Crippen LogP contribution is 2.24. The Morgan fingerprint density at radius 1 is 1.27 bits per heavy atom. The second kappa shape index (κ2) is 3.81. The molecule has 0 saturated heterocycles. The van der Waals surface area contributed by atoms with E-state index in [9.17, 15) is 4.79 Å². The Bertz CT molecular complexity index is 570. The van der Waals surface area contributed by atoms with Crippen molar-refractivity contribution >= 4 is 26.9 Å². The molecule has 0 atom stereocenters. The first-order chi connectivity index (χ1) is 7.11. The predicted octanol–water partition coefficient (Wildman–Crippen LogP) is 3.30. The number of alkyl halides is 1. The summed E-state index contributed by atoms with van der Waals surface area (Å²) in [6.07, 6.45) is 0. The van der Waals surface area contributed by atoms with Gasteiger partial charge in [-0.25, -0.2) is 4.79 Å². The van der Waals surface area contributed by atoms with Crippen LogP contribution in [0.25, 0.3) is 11.0 Å². The van der Waals surface area contributed by atoms with Crippen molar-refractivity contribution in [2.24, 2.45) is 0 Å². The Morgan fingerprint density at radius 2 is 2.00 bits per heavy atom. The first-order valence-electron chi connectivity index (χ1n) is 4.72. The Labute approximate surface area is 96.0 Å². The highest BCUT2D eigenvalue weighted by Gasteiger charge is 2.07. The van der Waals surface area contributed by atoms with Gasteiger partial charge in [0, 0.05) is 16.8 Å². The molecule has 1 heterocycles. The monoisotopic (exact) mass is 266 g/mol. The fourth-order valence-corrected chi connectivity index (χ4v) is 2.32. The van der Waals surface area contributed by atoms with Gasteiger partial charge >= 0.3 is 5.63 Å². The zero-order chi connectivity index (χ0) is 11.0. The lowest BCUT2D eigenvalue weighted by molar-refractivity contribution is 0.559. The van der Waals surface area contributed by atoms with Gasteiger partial charge in [-0.2, -0.15) is 0 Å². The van der Waals surface area contributed by atoms with Gasteiger partial charge in [0.25, 0.3) is 0 Å². The van der Waals surface area contributed by atoms with E-state index < -0.39 is 0 Å². The largest absolute Gasteiger partial charge is 0.423 e. The average molecular weight is 267 g/mol. The van der Waals surface area contributed by atoms with Gasteiger partial charge in [0.05, 0.1) is 0 Å². The third kappa shape index (κ3) is 1.84. The summed E-state index contributed by atoms with van der Waals surface area (Å²) in [6.45, 7) is 4.02. The maximum Gasteiger partial charge on any atom is 0.336 e. The van der Waals surface area contributed by atoms with E-state index in [-0.39, 0.29) is 5.63 Å². The molecule has 0 unspecified atom stereocenters. The highest BCUT2D eigenvalue weighted by molar-refractivity contribution is 9.08. The Balaban J connectivity index is 2.96. The normalized spacial score (nSPS) is 10.9. The van der Waals surface area contributed by atoms with Gasteiger partial charge in [-0.15, -0.1) is 0 Å². The zero-order valence-electron chi connectivity index (χ0n) is 8.63. The van der Waals surface area contributed by atoms with Gasteiger partial charge in [-0.05, 0) is 36.6 Å². The maximum atomic E-state index is 11.3. The zero-order valence-corrected chi connectivity index (χ0v) is 10.2. The van der Waals surface area contributed by atoms with E-state index in [0.717, 1.165) is 22.1 Å². The van der Waals surface area contributed by atoms with E-state index >= 15 is 0 Å². The molecular weight excluding hydrogens is 256 g/mol. The topological polar surface area (TPSA) is 30.2 Å². The molecule has 3 heteroatoms. The molecule has 78 valence electrons. The molecule has 0 bridgehead atoms. The number of fused-ring (bicyclic) bond motifs is 1. The van der Waals surface area contributed by atoms with Crippen LogP contribution in [0.5, 0.6) is 0 Å². The Hall–Kier alpha value is -1.09. The summed E-state index contributed by atoms with van der Waals surface area (Å²) in [5.41, 5.74) is 3.62. The molecule has 0 aliphatic carbocycles. The fraction of sp³-hybridized carbons (Fsp3) is 0.250. The molecule has 1 aromatic heterocycles. The molecule has 0 N–H and O–H groups in total. The summed E-state index contributed by atoms with van der Waals surface area (Å²) in [5, 5.41) is 1.70. The Kier molecular flexibility index (Phi) is 2.65. The van der Waals surface area contributed by atoms with Crippen molar-refractivity contribution in [1.29, 1.82) is 0 Å². The van der Waals surface area contributed by atoms with E-state index in [1.54, 1.807) is 6.07 Å². The van der Waals surface area contributed by atoms with Crippen molar-refractivity contribution < 1.29 is 4.42 Å². The van der Waals surface area contributed by atoms with Crippen molar-refractivity contribution in [2.45, 2.75) is 19.2 Å². The smallest absolute Gasteiger partial charge is 0.336 e. The summed E-state index contributed by atoms with van der Waals surface area (Å²) in [4.78, 5) is 11.3. The molecular formula is C12H11BrO2. The quantitative estimate of drug-likeness (QED) is 0.586. The molecule has 0 saturated carbocycles. The molecule has 2 rings (SSSR count). The molecule has 2 aromatic rings. The molecule has 0 radical (unpaired) electrons. The van der Waals surface area contributed by atoms with Crippen LogP contribution in [-0.4, -0.2) is 0 Å². The minimum Gasteiger partial charge on any atom is -0.423 e. The second-order valence-electron chi connectivity index (χ2n) is 3.68. The molecule has 0 aliphatic heterocycles. The minimum atomic E-state index is -0.290. The minimum absolute atomic E-state index is 0.290. The second-order valence-corrected chi connectivity index (χ2v) is 4.24. The van der Waals surface area contributed by atoms with Crippen molar-refractivity contribution in [3.8, 4) is 0 Å². The van der Waals surface area contributed by atoms with Crippen LogP contribution in [0, 0.1) is 13.8 Å². The third-order valence-corrected chi connectivity index (χ3v) is 3.02. The van der Waals surface area contributed by atoms with E-state index in [0.29, 0.717) is 10.9 Å². The third-order valence-electron chi connectivity index (χ3n) is 2.41. The fourth-order valence-electron chi connectivity index (χ4n) is 1.88. The Morgan fingerprint density at radius 3 is 2.67 bits per heavy atom. The van der Waals surface area contributed by atoms with Crippen molar-refractivity contribution in [3.05, 3.63) is 45.3 Å². The number of halogens is 1. The SMILES string of the molecule is Cc1cc(C)c2c(CBr)cc(=O)oc2c1. The van der Waals surface area contributed by atoms with Crippen LogP contribution < -0.4 is 5.63 Å². The number of rotatable bonds is 1.